The number of carbonyl (C=O) groups is 1. The molecule has 2 fully saturated rings. The Labute approximate surface area is 212 Å². The van der Waals surface area contributed by atoms with Crippen LogP contribution in [0.4, 0.5) is 5.69 Å². The molecule has 0 aliphatic carbocycles. The van der Waals surface area contributed by atoms with Crippen LogP contribution in [0.2, 0.25) is 0 Å². The molecule has 0 unspecified atom stereocenters. The fourth-order valence-electron chi connectivity index (χ4n) is 4.19. The number of amides is 1. The summed E-state index contributed by atoms with van der Waals surface area (Å²) in [5, 5.41) is 2.67. The van der Waals surface area contributed by atoms with Gasteiger partial charge in [-0.05, 0) is 61.7 Å². The molecular weight excluding hydrogens is 506 g/mol. The largest absolute Gasteiger partial charge is 0.484 e. The third kappa shape index (κ3) is 6.06. The predicted octanol–water partition coefficient (Wildman–Crippen LogP) is 2.21. The molecule has 2 heterocycles. The molecule has 2 saturated heterocycles. The molecule has 2 aliphatic rings. The molecule has 36 heavy (non-hydrogen) atoms. The third-order valence-corrected chi connectivity index (χ3v) is 10.2. The number of anilines is 1. The fourth-order valence-corrected chi connectivity index (χ4v) is 7.37. The van der Waals surface area contributed by atoms with Crippen molar-refractivity contribution in [2.45, 2.75) is 36.0 Å². The monoisotopic (exact) mass is 537 g/mol. The summed E-state index contributed by atoms with van der Waals surface area (Å²) in [6.45, 7) is 3.75. The molecule has 0 aromatic heterocycles. The van der Waals surface area contributed by atoms with Crippen LogP contribution in [0.1, 0.15) is 24.8 Å². The van der Waals surface area contributed by atoms with E-state index in [1.807, 2.05) is 0 Å². The van der Waals surface area contributed by atoms with Crippen LogP contribution in [0.5, 0.6) is 5.75 Å². The van der Waals surface area contributed by atoms with Crippen molar-refractivity contribution in [2.75, 3.05) is 51.3 Å². The number of carbonyl (C=O) groups excluding carboxylic acids is 1. The summed E-state index contributed by atoms with van der Waals surface area (Å²) in [6, 6.07) is 10.7. The van der Waals surface area contributed by atoms with E-state index in [0.29, 0.717) is 56.4 Å². The van der Waals surface area contributed by atoms with Crippen LogP contribution in [0.3, 0.4) is 0 Å². The summed E-state index contributed by atoms with van der Waals surface area (Å²) < 4.78 is 65.2. The van der Waals surface area contributed by atoms with Crippen LogP contribution in [0.25, 0.3) is 0 Å². The molecule has 1 N–H and O–H groups in total. The lowest BCUT2D eigenvalue weighted by molar-refractivity contribution is -0.118. The average Bonchev–Trinajstić information content (AvgIpc) is 2.90. The van der Waals surface area contributed by atoms with Crippen molar-refractivity contribution in [2.24, 2.45) is 0 Å². The van der Waals surface area contributed by atoms with E-state index >= 15 is 0 Å². The van der Waals surface area contributed by atoms with Gasteiger partial charge in [-0.2, -0.15) is 8.61 Å². The highest BCUT2D eigenvalue weighted by molar-refractivity contribution is 7.89. The minimum atomic E-state index is -3.64. The molecule has 2 aromatic carbocycles. The Balaban J connectivity index is 1.36. The van der Waals surface area contributed by atoms with Crippen LogP contribution in [-0.4, -0.2) is 77.4 Å². The summed E-state index contributed by atoms with van der Waals surface area (Å²) in [7, 11) is -7.25. The quantitative estimate of drug-likeness (QED) is 0.548. The number of piperidine rings is 1. The summed E-state index contributed by atoms with van der Waals surface area (Å²) in [4.78, 5) is 12.8. The number of nitrogens with zero attached hydrogens (tertiary/aromatic N) is 2. The van der Waals surface area contributed by atoms with E-state index in [1.54, 1.807) is 19.1 Å². The van der Waals surface area contributed by atoms with Crippen LogP contribution in [0.15, 0.2) is 52.3 Å². The second-order valence-corrected chi connectivity index (χ2v) is 12.6. The van der Waals surface area contributed by atoms with E-state index < -0.39 is 26.0 Å². The Morgan fingerprint density at radius 2 is 1.53 bits per heavy atom. The summed E-state index contributed by atoms with van der Waals surface area (Å²) in [5.74, 6) is -0.131. The number of nitrogens with one attached hydrogen (secondary N) is 1. The van der Waals surface area contributed by atoms with Gasteiger partial charge in [-0.3, -0.25) is 4.79 Å². The Kier molecular flexibility index (Phi) is 8.30. The molecule has 196 valence electrons. The molecule has 0 atom stereocenters. The zero-order chi connectivity index (χ0) is 25.8. The SMILES string of the molecule is Cc1ccc(NC(=O)COc2ccc(S(=O)(=O)N3CCOCC3)cc2)cc1S(=O)(=O)N1CCCCC1. The van der Waals surface area contributed by atoms with Crippen molar-refractivity contribution < 1.29 is 31.1 Å². The van der Waals surface area contributed by atoms with Gasteiger partial charge in [0.2, 0.25) is 20.0 Å². The van der Waals surface area contributed by atoms with Gasteiger partial charge in [0, 0.05) is 31.9 Å². The van der Waals surface area contributed by atoms with Crippen LogP contribution >= 0.6 is 0 Å². The third-order valence-electron chi connectivity index (χ3n) is 6.21. The minimum Gasteiger partial charge on any atom is -0.484 e. The zero-order valence-corrected chi connectivity index (χ0v) is 21.8. The first kappa shape index (κ1) is 26.6. The standard InChI is InChI=1S/C24H31N3O7S2/c1-19-5-6-20(17-23(19)36(31,32)26-11-3-2-4-12-26)25-24(28)18-34-21-7-9-22(10-8-21)35(29,30)27-13-15-33-16-14-27/h5-10,17H,2-4,11-16,18H2,1H3,(H,25,28). The molecule has 4 rings (SSSR count). The lowest BCUT2D eigenvalue weighted by Gasteiger charge is -2.26. The topological polar surface area (TPSA) is 122 Å². The van der Waals surface area contributed by atoms with E-state index in [1.165, 1.54) is 38.9 Å². The van der Waals surface area contributed by atoms with Crippen LogP contribution in [0, 0.1) is 6.92 Å². The smallest absolute Gasteiger partial charge is 0.262 e. The van der Waals surface area contributed by atoms with E-state index in [0.717, 1.165) is 19.3 Å². The molecule has 2 aliphatic heterocycles. The molecule has 1 amide bonds. The number of morpholine rings is 1. The van der Waals surface area contributed by atoms with E-state index in [9.17, 15) is 21.6 Å². The van der Waals surface area contributed by atoms with Gasteiger partial charge in [0.05, 0.1) is 23.0 Å². The van der Waals surface area contributed by atoms with E-state index in [4.69, 9.17) is 9.47 Å². The van der Waals surface area contributed by atoms with Crippen molar-refractivity contribution in [1.82, 2.24) is 8.61 Å². The second kappa shape index (κ2) is 11.3. The maximum atomic E-state index is 13.1. The molecule has 0 saturated carbocycles. The Morgan fingerprint density at radius 1 is 0.889 bits per heavy atom. The first-order valence-corrected chi connectivity index (χ1v) is 14.8. The van der Waals surface area contributed by atoms with Crippen LogP contribution < -0.4 is 10.1 Å². The molecule has 2 aromatic rings. The van der Waals surface area contributed by atoms with Gasteiger partial charge in [-0.15, -0.1) is 0 Å². The van der Waals surface area contributed by atoms with Gasteiger partial charge in [-0.25, -0.2) is 16.8 Å². The highest BCUT2D eigenvalue weighted by atomic mass is 32.2. The van der Waals surface area contributed by atoms with Gasteiger partial charge < -0.3 is 14.8 Å². The maximum absolute atomic E-state index is 13.1. The fraction of sp³-hybridized carbons (Fsp3) is 0.458. The van der Waals surface area contributed by atoms with Gasteiger partial charge >= 0.3 is 0 Å². The highest BCUT2D eigenvalue weighted by Crippen LogP contribution is 2.26. The normalized spacial score (nSPS) is 18.0. The molecule has 0 bridgehead atoms. The van der Waals surface area contributed by atoms with Crippen molar-refractivity contribution in [1.29, 1.82) is 0 Å². The summed E-state index contributed by atoms with van der Waals surface area (Å²) in [6.07, 6.45) is 2.70. The number of benzene rings is 2. The highest BCUT2D eigenvalue weighted by Gasteiger charge is 2.28. The zero-order valence-electron chi connectivity index (χ0n) is 20.2. The number of hydrogen-bond donors (Lipinski definition) is 1. The molecule has 12 heteroatoms. The number of ether oxygens (including phenoxy) is 2. The predicted molar refractivity (Wildman–Crippen MR) is 134 cm³/mol. The number of hydrogen-bond acceptors (Lipinski definition) is 7. The van der Waals surface area contributed by atoms with Crippen molar-refractivity contribution in [3.63, 3.8) is 0 Å². The Morgan fingerprint density at radius 3 is 2.19 bits per heavy atom. The summed E-state index contributed by atoms with van der Waals surface area (Å²) in [5.41, 5.74) is 0.971. The van der Waals surface area contributed by atoms with Gasteiger partial charge in [0.1, 0.15) is 5.75 Å². The molecule has 0 radical (unpaired) electrons. The summed E-state index contributed by atoms with van der Waals surface area (Å²) >= 11 is 0. The number of rotatable bonds is 8. The van der Waals surface area contributed by atoms with Gasteiger partial charge in [0.15, 0.2) is 6.61 Å². The lowest BCUT2D eigenvalue weighted by Crippen LogP contribution is -2.40. The van der Waals surface area contributed by atoms with Crippen LogP contribution in [-0.2, 0) is 29.6 Å². The van der Waals surface area contributed by atoms with Crippen molar-refractivity contribution in [3.8, 4) is 5.75 Å². The minimum absolute atomic E-state index is 0.142. The van der Waals surface area contributed by atoms with Gasteiger partial charge in [-0.1, -0.05) is 12.5 Å². The molecule has 0 spiro atoms. The molecule has 10 nitrogen and oxygen atoms in total. The lowest BCUT2D eigenvalue weighted by atomic mass is 10.2. The first-order valence-electron chi connectivity index (χ1n) is 11.9. The number of aryl methyl sites for hydroxylation is 1. The first-order chi connectivity index (χ1) is 17.2. The van der Waals surface area contributed by atoms with E-state index in [-0.39, 0.29) is 16.4 Å². The Bertz CT molecular complexity index is 1280. The van der Waals surface area contributed by atoms with Crippen molar-refractivity contribution >= 4 is 31.6 Å². The second-order valence-electron chi connectivity index (χ2n) is 8.77. The van der Waals surface area contributed by atoms with E-state index in [2.05, 4.69) is 5.32 Å². The number of sulfonamides is 2. The maximum Gasteiger partial charge on any atom is 0.262 e. The molecular formula is C24H31N3O7S2. The average molecular weight is 538 g/mol. The van der Waals surface area contributed by atoms with Gasteiger partial charge in [0.25, 0.3) is 5.91 Å². The van der Waals surface area contributed by atoms with Crippen molar-refractivity contribution in [3.05, 3.63) is 48.0 Å². The Hall–Kier alpha value is -2.51.